The number of nitrogens with two attached hydrogens (primary N) is 1. The molecule has 1 aromatic carbocycles. The highest BCUT2D eigenvalue weighted by molar-refractivity contribution is 9.10. The lowest BCUT2D eigenvalue weighted by molar-refractivity contribution is -0.124. The van der Waals surface area contributed by atoms with E-state index in [0.29, 0.717) is 0 Å². The lowest BCUT2D eigenvalue weighted by Crippen LogP contribution is -2.45. The van der Waals surface area contributed by atoms with Gasteiger partial charge in [-0.2, -0.15) is 0 Å². The molecule has 1 amide bonds. The van der Waals surface area contributed by atoms with Crippen molar-refractivity contribution >= 4 is 27.5 Å². The Morgan fingerprint density at radius 1 is 1.38 bits per heavy atom. The molecular formula is C12H15BrN2O. The van der Waals surface area contributed by atoms with Gasteiger partial charge in [0, 0.05) is 29.2 Å². The summed E-state index contributed by atoms with van der Waals surface area (Å²) in [4.78, 5) is 13.7. The number of nitrogens with zero attached hydrogens (tertiary/aromatic N) is 1. The first-order chi connectivity index (χ1) is 7.58. The number of carbonyl (C=O) groups excluding carboxylic acids is 1. The molecule has 2 rings (SSSR count). The summed E-state index contributed by atoms with van der Waals surface area (Å²) in [6.07, 6.45) is 1.64. The molecule has 3 nitrogen and oxygen atoms in total. The summed E-state index contributed by atoms with van der Waals surface area (Å²) < 4.78 is 1.02. The van der Waals surface area contributed by atoms with Crippen LogP contribution in [0, 0.1) is 5.92 Å². The van der Waals surface area contributed by atoms with Gasteiger partial charge in [-0.1, -0.05) is 15.9 Å². The van der Waals surface area contributed by atoms with Crippen molar-refractivity contribution in [3.63, 3.8) is 0 Å². The van der Waals surface area contributed by atoms with Crippen LogP contribution in [0.15, 0.2) is 28.7 Å². The first-order valence-corrected chi connectivity index (χ1v) is 6.16. The highest BCUT2D eigenvalue weighted by Gasteiger charge is 2.34. The van der Waals surface area contributed by atoms with Crippen molar-refractivity contribution < 1.29 is 4.79 Å². The second-order valence-corrected chi connectivity index (χ2v) is 5.22. The summed E-state index contributed by atoms with van der Waals surface area (Å²) in [5, 5.41) is 0. The van der Waals surface area contributed by atoms with Gasteiger partial charge >= 0.3 is 0 Å². The second kappa shape index (κ2) is 4.55. The van der Waals surface area contributed by atoms with Crippen molar-refractivity contribution in [1.29, 1.82) is 0 Å². The van der Waals surface area contributed by atoms with Crippen molar-refractivity contribution in [1.82, 2.24) is 0 Å². The van der Waals surface area contributed by atoms with Gasteiger partial charge in [-0.05, 0) is 37.1 Å². The van der Waals surface area contributed by atoms with Gasteiger partial charge in [-0.25, -0.2) is 0 Å². The van der Waals surface area contributed by atoms with E-state index in [0.717, 1.165) is 23.0 Å². The molecule has 1 aliphatic rings. The highest BCUT2D eigenvalue weighted by atomic mass is 79.9. The summed E-state index contributed by atoms with van der Waals surface area (Å²) in [5.74, 6) is 0.285. The van der Waals surface area contributed by atoms with E-state index in [2.05, 4.69) is 15.9 Å². The number of benzene rings is 1. The van der Waals surface area contributed by atoms with Crippen molar-refractivity contribution in [3.05, 3.63) is 28.7 Å². The van der Waals surface area contributed by atoms with E-state index in [9.17, 15) is 4.79 Å². The van der Waals surface area contributed by atoms with Crippen LogP contribution in [0.3, 0.4) is 0 Å². The quantitative estimate of drug-likeness (QED) is 0.904. The van der Waals surface area contributed by atoms with Gasteiger partial charge in [-0.15, -0.1) is 0 Å². The van der Waals surface area contributed by atoms with Gasteiger partial charge in [0.2, 0.25) is 5.91 Å². The van der Waals surface area contributed by atoms with Crippen LogP contribution in [0.2, 0.25) is 0 Å². The predicted octanol–water partition coefficient (Wildman–Crippen LogP) is 2.15. The Morgan fingerprint density at radius 3 is 2.44 bits per heavy atom. The third-order valence-corrected chi connectivity index (χ3v) is 3.60. The van der Waals surface area contributed by atoms with Crippen molar-refractivity contribution in [3.8, 4) is 0 Å². The summed E-state index contributed by atoms with van der Waals surface area (Å²) >= 11 is 3.37. The third kappa shape index (κ3) is 2.28. The topological polar surface area (TPSA) is 46.3 Å². The molecule has 4 heteroatoms. The molecule has 0 unspecified atom stereocenters. The fourth-order valence-corrected chi connectivity index (χ4v) is 2.19. The van der Waals surface area contributed by atoms with E-state index in [1.165, 1.54) is 0 Å². The van der Waals surface area contributed by atoms with Crippen LogP contribution in [0.5, 0.6) is 0 Å². The minimum atomic E-state index is 0.114. The number of hydrogen-bond acceptors (Lipinski definition) is 2. The summed E-state index contributed by atoms with van der Waals surface area (Å²) in [6, 6.07) is 7.95. The SMILES string of the molecule is CN(C(=O)C1CC(N)C1)c1ccc(Br)cc1. The molecule has 0 spiro atoms. The summed E-state index contributed by atoms with van der Waals surface area (Å²) in [6.45, 7) is 0. The lowest BCUT2D eigenvalue weighted by atomic mass is 9.80. The van der Waals surface area contributed by atoms with Crippen LogP contribution in [-0.2, 0) is 4.79 Å². The number of halogens is 1. The zero-order valence-corrected chi connectivity index (χ0v) is 10.8. The van der Waals surface area contributed by atoms with Crippen LogP contribution in [0.4, 0.5) is 5.69 Å². The Bertz CT molecular complexity index is 385. The minimum Gasteiger partial charge on any atom is -0.328 e. The molecule has 1 aromatic rings. The number of carbonyl (C=O) groups is 1. The molecule has 86 valence electrons. The number of anilines is 1. The predicted molar refractivity (Wildman–Crippen MR) is 68.3 cm³/mol. The van der Waals surface area contributed by atoms with Gasteiger partial charge in [0.25, 0.3) is 0 Å². The first-order valence-electron chi connectivity index (χ1n) is 5.36. The van der Waals surface area contributed by atoms with E-state index >= 15 is 0 Å². The average Bonchev–Trinajstić information content (AvgIpc) is 2.24. The first kappa shape index (κ1) is 11.6. The van der Waals surface area contributed by atoms with Gasteiger partial charge < -0.3 is 10.6 Å². The molecule has 0 bridgehead atoms. The maximum Gasteiger partial charge on any atom is 0.229 e. The highest BCUT2D eigenvalue weighted by Crippen LogP contribution is 2.29. The molecule has 0 aromatic heterocycles. The van der Waals surface area contributed by atoms with Crippen LogP contribution < -0.4 is 10.6 Å². The van der Waals surface area contributed by atoms with Crippen LogP contribution in [-0.4, -0.2) is 19.0 Å². The molecular weight excluding hydrogens is 268 g/mol. The molecule has 2 N–H and O–H groups in total. The molecule has 16 heavy (non-hydrogen) atoms. The molecule has 0 radical (unpaired) electrons. The van der Waals surface area contributed by atoms with Crippen molar-refractivity contribution in [2.75, 3.05) is 11.9 Å². The molecule has 0 heterocycles. The standard InChI is InChI=1S/C12H15BrN2O/c1-15(11-4-2-9(13)3-5-11)12(16)8-6-10(14)7-8/h2-5,8,10H,6-7,14H2,1H3. The van der Waals surface area contributed by atoms with Crippen LogP contribution >= 0.6 is 15.9 Å². The fourth-order valence-electron chi connectivity index (χ4n) is 1.93. The van der Waals surface area contributed by atoms with E-state index in [1.54, 1.807) is 4.90 Å². The minimum absolute atomic E-state index is 0.114. The van der Waals surface area contributed by atoms with Gasteiger partial charge in [0.15, 0.2) is 0 Å². The molecule has 0 aliphatic heterocycles. The van der Waals surface area contributed by atoms with E-state index in [-0.39, 0.29) is 17.9 Å². The van der Waals surface area contributed by atoms with Crippen LogP contribution in [0.25, 0.3) is 0 Å². The molecule has 1 aliphatic carbocycles. The van der Waals surface area contributed by atoms with E-state index < -0.39 is 0 Å². The molecule has 1 saturated carbocycles. The van der Waals surface area contributed by atoms with Gasteiger partial charge in [0.05, 0.1) is 0 Å². The number of hydrogen-bond donors (Lipinski definition) is 1. The maximum absolute atomic E-state index is 12.0. The smallest absolute Gasteiger partial charge is 0.229 e. The zero-order chi connectivity index (χ0) is 11.7. The van der Waals surface area contributed by atoms with Gasteiger partial charge in [-0.3, -0.25) is 4.79 Å². The van der Waals surface area contributed by atoms with E-state index in [1.807, 2.05) is 31.3 Å². The lowest BCUT2D eigenvalue weighted by Gasteiger charge is -2.34. The maximum atomic E-state index is 12.0. The Kier molecular flexibility index (Phi) is 3.30. The summed E-state index contributed by atoms with van der Waals surface area (Å²) in [7, 11) is 1.81. The Balaban J connectivity index is 2.04. The van der Waals surface area contributed by atoms with E-state index in [4.69, 9.17) is 5.73 Å². The molecule has 0 saturated heterocycles. The zero-order valence-electron chi connectivity index (χ0n) is 9.19. The Hall–Kier alpha value is -0.870. The third-order valence-electron chi connectivity index (χ3n) is 3.07. The Morgan fingerprint density at radius 2 is 1.94 bits per heavy atom. The van der Waals surface area contributed by atoms with Crippen LogP contribution in [0.1, 0.15) is 12.8 Å². The van der Waals surface area contributed by atoms with Crippen molar-refractivity contribution in [2.45, 2.75) is 18.9 Å². The number of rotatable bonds is 2. The van der Waals surface area contributed by atoms with Gasteiger partial charge in [0.1, 0.15) is 0 Å². The van der Waals surface area contributed by atoms with Crippen molar-refractivity contribution in [2.24, 2.45) is 11.7 Å². The Labute approximate surface area is 104 Å². The normalized spacial score (nSPS) is 23.7. The molecule has 0 atom stereocenters. The number of amides is 1. The monoisotopic (exact) mass is 282 g/mol. The fraction of sp³-hybridized carbons (Fsp3) is 0.417. The average molecular weight is 283 g/mol. The second-order valence-electron chi connectivity index (χ2n) is 4.30. The summed E-state index contributed by atoms with van der Waals surface area (Å²) in [5.41, 5.74) is 6.61. The largest absolute Gasteiger partial charge is 0.328 e. The molecule has 1 fully saturated rings.